The first kappa shape index (κ1) is 11.9. The number of nitrogens with zero attached hydrogens (tertiary/aromatic N) is 1. The van der Waals surface area contributed by atoms with Crippen molar-refractivity contribution in [1.82, 2.24) is 10.3 Å². The number of halogens is 2. The smallest absolute Gasteiger partial charge is 0.274 e. The zero-order valence-corrected chi connectivity index (χ0v) is 10.1. The Morgan fingerprint density at radius 1 is 1.44 bits per heavy atom. The molecule has 0 unspecified atom stereocenters. The van der Waals surface area contributed by atoms with E-state index in [4.69, 9.17) is 0 Å². The Hall–Kier alpha value is -0.550. The van der Waals surface area contributed by atoms with Gasteiger partial charge in [0.2, 0.25) is 0 Å². The molecular formula is C11H16F2N2S. The van der Waals surface area contributed by atoms with Gasteiger partial charge in [0.15, 0.2) is 0 Å². The molecule has 1 aromatic rings. The van der Waals surface area contributed by atoms with E-state index in [1.54, 1.807) is 6.92 Å². The van der Waals surface area contributed by atoms with Gasteiger partial charge in [0, 0.05) is 6.42 Å². The van der Waals surface area contributed by atoms with Crippen molar-refractivity contribution in [2.75, 3.05) is 13.1 Å². The Balaban J connectivity index is 2.01. The normalized spacial score (nSPS) is 18.2. The molecule has 90 valence electrons. The van der Waals surface area contributed by atoms with Crippen LogP contribution >= 0.6 is 11.3 Å². The summed E-state index contributed by atoms with van der Waals surface area (Å²) in [5.74, 6) is 0.609. The van der Waals surface area contributed by atoms with Gasteiger partial charge in [0.05, 0.1) is 15.6 Å². The molecule has 0 aliphatic carbocycles. The van der Waals surface area contributed by atoms with Gasteiger partial charge >= 0.3 is 0 Å². The summed E-state index contributed by atoms with van der Waals surface area (Å²) in [6.07, 6.45) is 0.741. The summed E-state index contributed by atoms with van der Waals surface area (Å²) in [6, 6.07) is 0. The third-order valence-corrected chi connectivity index (χ3v) is 4.18. The number of hydrogen-bond acceptors (Lipinski definition) is 3. The standard InChI is InChI=1S/C11H16F2N2S/c1-7-10(11(12)13)16-9(15-7)6-8-2-4-14-5-3-8/h8,11,14H,2-6H2,1H3. The van der Waals surface area contributed by atoms with Crippen molar-refractivity contribution in [3.63, 3.8) is 0 Å². The lowest BCUT2D eigenvalue weighted by Crippen LogP contribution is -2.28. The average molecular weight is 246 g/mol. The summed E-state index contributed by atoms with van der Waals surface area (Å²) >= 11 is 1.18. The molecule has 1 saturated heterocycles. The Kier molecular flexibility index (Phi) is 3.86. The van der Waals surface area contributed by atoms with Crippen LogP contribution in [0.15, 0.2) is 0 Å². The lowest BCUT2D eigenvalue weighted by Gasteiger charge is -2.21. The van der Waals surface area contributed by atoms with Crippen LogP contribution < -0.4 is 5.32 Å². The minimum Gasteiger partial charge on any atom is -0.317 e. The number of alkyl halides is 2. The number of hydrogen-bond donors (Lipinski definition) is 1. The van der Waals surface area contributed by atoms with Crippen LogP contribution in [0.3, 0.4) is 0 Å². The Morgan fingerprint density at radius 2 is 2.12 bits per heavy atom. The number of thiazole rings is 1. The van der Waals surface area contributed by atoms with Crippen molar-refractivity contribution in [1.29, 1.82) is 0 Å². The van der Waals surface area contributed by atoms with Crippen LogP contribution in [0.4, 0.5) is 8.78 Å². The van der Waals surface area contributed by atoms with Gasteiger partial charge in [-0.25, -0.2) is 13.8 Å². The van der Waals surface area contributed by atoms with Crippen molar-refractivity contribution in [2.45, 2.75) is 32.6 Å². The van der Waals surface area contributed by atoms with Gasteiger partial charge < -0.3 is 5.32 Å². The fourth-order valence-electron chi connectivity index (χ4n) is 2.09. The highest BCUT2D eigenvalue weighted by molar-refractivity contribution is 7.11. The number of aryl methyl sites for hydroxylation is 1. The highest BCUT2D eigenvalue weighted by Crippen LogP contribution is 2.30. The van der Waals surface area contributed by atoms with E-state index in [0.29, 0.717) is 11.6 Å². The molecule has 5 heteroatoms. The van der Waals surface area contributed by atoms with Gasteiger partial charge in [0.1, 0.15) is 0 Å². The van der Waals surface area contributed by atoms with Crippen LogP contribution in [0.1, 0.15) is 34.8 Å². The van der Waals surface area contributed by atoms with E-state index in [1.165, 1.54) is 11.3 Å². The minimum absolute atomic E-state index is 0.143. The first-order valence-corrected chi connectivity index (χ1v) is 6.43. The molecule has 0 bridgehead atoms. The topological polar surface area (TPSA) is 24.9 Å². The summed E-state index contributed by atoms with van der Waals surface area (Å²) in [5, 5.41) is 4.17. The van der Waals surface area contributed by atoms with Crippen LogP contribution in [0, 0.1) is 12.8 Å². The van der Waals surface area contributed by atoms with Gasteiger partial charge in [-0.3, -0.25) is 0 Å². The molecule has 2 rings (SSSR count). The maximum absolute atomic E-state index is 12.6. The monoisotopic (exact) mass is 246 g/mol. The lowest BCUT2D eigenvalue weighted by atomic mass is 9.95. The zero-order valence-electron chi connectivity index (χ0n) is 9.30. The van der Waals surface area contributed by atoms with Crippen LogP contribution in [0.2, 0.25) is 0 Å². The van der Waals surface area contributed by atoms with Crippen molar-refractivity contribution in [2.24, 2.45) is 5.92 Å². The molecule has 0 spiro atoms. The highest BCUT2D eigenvalue weighted by atomic mass is 32.1. The van der Waals surface area contributed by atoms with E-state index < -0.39 is 6.43 Å². The third-order valence-electron chi connectivity index (χ3n) is 3.00. The summed E-state index contributed by atoms with van der Waals surface area (Å²) in [6.45, 7) is 3.75. The molecular weight excluding hydrogens is 230 g/mol. The summed E-state index contributed by atoms with van der Waals surface area (Å²) in [7, 11) is 0. The molecule has 0 radical (unpaired) electrons. The van der Waals surface area contributed by atoms with Gasteiger partial charge in [0.25, 0.3) is 6.43 Å². The van der Waals surface area contributed by atoms with Crippen LogP contribution in [0.5, 0.6) is 0 Å². The molecule has 2 heterocycles. The lowest BCUT2D eigenvalue weighted by molar-refractivity contribution is 0.154. The molecule has 1 N–H and O–H groups in total. The van der Waals surface area contributed by atoms with Crippen molar-refractivity contribution >= 4 is 11.3 Å². The number of aromatic nitrogens is 1. The Bertz CT molecular complexity index is 346. The molecule has 1 fully saturated rings. The number of piperidine rings is 1. The van der Waals surface area contributed by atoms with Crippen molar-refractivity contribution in [3.8, 4) is 0 Å². The summed E-state index contributed by atoms with van der Waals surface area (Å²) < 4.78 is 25.2. The largest absolute Gasteiger partial charge is 0.317 e. The Morgan fingerprint density at radius 3 is 2.69 bits per heavy atom. The maximum Gasteiger partial charge on any atom is 0.274 e. The van der Waals surface area contributed by atoms with Gasteiger partial charge in [-0.2, -0.15) is 0 Å². The molecule has 0 aromatic carbocycles. The second-order valence-electron chi connectivity index (χ2n) is 4.26. The molecule has 2 nitrogen and oxygen atoms in total. The second-order valence-corrected chi connectivity index (χ2v) is 5.37. The quantitative estimate of drug-likeness (QED) is 0.887. The second kappa shape index (κ2) is 5.19. The molecule has 0 atom stereocenters. The fourth-order valence-corrected chi connectivity index (χ4v) is 3.13. The molecule has 0 amide bonds. The summed E-state index contributed by atoms with van der Waals surface area (Å²) in [5.41, 5.74) is 0.504. The van der Waals surface area contributed by atoms with E-state index >= 15 is 0 Å². The van der Waals surface area contributed by atoms with E-state index in [0.717, 1.165) is 37.4 Å². The van der Waals surface area contributed by atoms with Crippen LogP contribution in [-0.2, 0) is 6.42 Å². The number of rotatable bonds is 3. The van der Waals surface area contributed by atoms with Gasteiger partial charge in [-0.15, -0.1) is 11.3 Å². The van der Waals surface area contributed by atoms with E-state index in [-0.39, 0.29) is 4.88 Å². The zero-order chi connectivity index (χ0) is 11.5. The van der Waals surface area contributed by atoms with Crippen molar-refractivity contribution < 1.29 is 8.78 Å². The first-order chi connectivity index (χ1) is 7.66. The van der Waals surface area contributed by atoms with Gasteiger partial charge in [-0.05, 0) is 38.8 Å². The third kappa shape index (κ3) is 2.77. The van der Waals surface area contributed by atoms with Crippen LogP contribution in [0.25, 0.3) is 0 Å². The van der Waals surface area contributed by atoms with Crippen LogP contribution in [-0.4, -0.2) is 18.1 Å². The van der Waals surface area contributed by atoms with E-state index in [9.17, 15) is 8.78 Å². The first-order valence-electron chi connectivity index (χ1n) is 5.62. The molecule has 1 aromatic heterocycles. The SMILES string of the molecule is Cc1nc(CC2CCNCC2)sc1C(F)F. The average Bonchev–Trinajstić information content (AvgIpc) is 2.61. The predicted molar refractivity (Wildman–Crippen MR) is 61.1 cm³/mol. The predicted octanol–water partition coefficient (Wildman–Crippen LogP) is 2.93. The molecule has 1 aliphatic heterocycles. The minimum atomic E-state index is -2.38. The molecule has 1 aliphatic rings. The van der Waals surface area contributed by atoms with E-state index in [1.807, 2.05) is 0 Å². The number of nitrogens with one attached hydrogen (secondary N) is 1. The summed E-state index contributed by atoms with van der Waals surface area (Å²) in [4.78, 5) is 4.39. The maximum atomic E-state index is 12.6. The molecule has 0 saturated carbocycles. The molecule has 16 heavy (non-hydrogen) atoms. The Labute approximate surface area is 98.1 Å². The van der Waals surface area contributed by atoms with Crippen molar-refractivity contribution in [3.05, 3.63) is 15.6 Å². The fraction of sp³-hybridized carbons (Fsp3) is 0.727. The highest BCUT2D eigenvalue weighted by Gasteiger charge is 2.19. The van der Waals surface area contributed by atoms with Gasteiger partial charge in [-0.1, -0.05) is 0 Å². The van der Waals surface area contributed by atoms with E-state index in [2.05, 4.69) is 10.3 Å².